The average molecular weight is 358 g/mol. The molecule has 0 unspecified atom stereocenters. The molecule has 0 saturated heterocycles. The number of halogens is 1. The second-order valence-electron chi connectivity index (χ2n) is 4.55. The van der Waals surface area contributed by atoms with Crippen LogP contribution in [0.1, 0.15) is 5.56 Å². The molecule has 3 aromatic rings. The first-order valence-electron chi connectivity index (χ1n) is 6.59. The van der Waals surface area contributed by atoms with Crippen molar-refractivity contribution in [1.29, 1.82) is 0 Å². The van der Waals surface area contributed by atoms with Crippen molar-refractivity contribution in [3.8, 4) is 0 Å². The summed E-state index contributed by atoms with van der Waals surface area (Å²) in [6, 6.07) is 15.1. The number of fused-ring (bicyclic) bond motifs is 1. The summed E-state index contributed by atoms with van der Waals surface area (Å²) < 4.78 is 2.45. The molecular weight excluding hydrogens is 346 g/mol. The van der Waals surface area contributed by atoms with E-state index in [4.69, 9.17) is 0 Å². The molecule has 1 heterocycles. The van der Waals surface area contributed by atoms with E-state index < -0.39 is 0 Å². The standard InChI is InChI=1S/C15H12BrN5O/c16-12-6-2-1-5-11(12)9-17-19-15(22)10-21-14-8-4-3-7-13(14)18-20-21/h1-9H,10H2,(H,19,22)/b17-9+. The fraction of sp³-hybridized carbons (Fsp3) is 0.0667. The largest absolute Gasteiger partial charge is 0.271 e. The van der Waals surface area contributed by atoms with E-state index in [1.54, 1.807) is 10.9 Å². The van der Waals surface area contributed by atoms with Gasteiger partial charge in [0.15, 0.2) is 0 Å². The maximum absolute atomic E-state index is 11.9. The summed E-state index contributed by atoms with van der Waals surface area (Å²) in [4.78, 5) is 11.9. The highest BCUT2D eigenvalue weighted by molar-refractivity contribution is 9.10. The summed E-state index contributed by atoms with van der Waals surface area (Å²) in [5, 5.41) is 11.9. The average Bonchev–Trinajstić information content (AvgIpc) is 2.92. The van der Waals surface area contributed by atoms with Crippen molar-refractivity contribution in [2.45, 2.75) is 6.54 Å². The molecule has 0 fully saturated rings. The first-order valence-corrected chi connectivity index (χ1v) is 7.38. The number of nitrogens with one attached hydrogen (secondary N) is 1. The lowest BCUT2D eigenvalue weighted by Crippen LogP contribution is -2.23. The lowest BCUT2D eigenvalue weighted by molar-refractivity contribution is -0.121. The van der Waals surface area contributed by atoms with Gasteiger partial charge in [-0.25, -0.2) is 10.1 Å². The number of benzene rings is 2. The molecule has 0 aliphatic carbocycles. The van der Waals surface area contributed by atoms with Crippen molar-refractivity contribution in [3.05, 3.63) is 58.6 Å². The molecule has 3 rings (SSSR count). The number of rotatable bonds is 4. The van der Waals surface area contributed by atoms with Crippen molar-refractivity contribution in [2.24, 2.45) is 5.10 Å². The Morgan fingerprint density at radius 1 is 1.23 bits per heavy atom. The number of hydrogen-bond acceptors (Lipinski definition) is 4. The van der Waals surface area contributed by atoms with Gasteiger partial charge in [-0.2, -0.15) is 5.10 Å². The van der Waals surface area contributed by atoms with Gasteiger partial charge in [0.25, 0.3) is 5.91 Å². The number of nitrogens with zero attached hydrogens (tertiary/aromatic N) is 4. The van der Waals surface area contributed by atoms with Gasteiger partial charge >= 0.3 is 0 Å². The Labute approximate surface area is 135 Å². The molecule has 7 heteroatoms. The van der Waals surface area contributed by atoms with Crippen LogP contribution >= 0.6 is 15.9 Å². The summed E-state index contributed by atoms with van der Waals surface area (Å²) in [5.41, 5.74) is 4.93. The summed E-state index contributed by atoms with van der Waals surface area (Å²) in [6.07, 6.45) is 1.58. The van der Waals surface area contributed by atoms with Crippen molar-refractivity contribution < 1.29 is 4.79 Å². The normalized spacial score (nSPS) is 11.1. The molecule has 1 amide bonds. The highest BCUT2D eigenvalue weighted by Gasteiger charge is 2.07. The maximum atomic E-state index is 11.9. The van der Waals surface area contributed by atoms with E-state index in [-0.39, 0.29) is 12.5 Å². The van der Waals surface area contributed by atoms with Crippen LogP contribution < -0.4 is 5.43 Å². The van der Waals surface area contributed by atoms with Crippen LogP contribution in [0.5, 0.6) is 0 Å². The molecular formula is C15H12BrN5O. The van der Waals surface area contributed by atoms with E-state index in [0.29, 0.717) is 0 Å². The molecule has 22 heavy (non-hydrogen) atoms. The highest BCUT2D eigenvalue weighted by atomic mass is 79.9. The van der Waals surface area contributed by atoms with Gasteiger partial charge in [-0.15, -0.1) is 5.10 Å². The van der Waals surface area contributed by atoms with Crippen LogP contribution in [0.25, 0.3) is 11.0 Å². The number of carbonyl (C=O) groups excluding carboxylic acids is 1. The molecule has 6 nitrogen and oxygen atoms in total. The first-order chi connectivity index (χ1) is 10.7. The lowest BCUT2D eigenvalue weighted by atomic mass is 10.2. The summed E-state index contributed by atoms with van der Waals surface area (Å²) in [5.74, 6) is -0.265. The highest BCUT2D eigenvalue weighted by Crippen LogP contribution is 2.13. The number of amides is 1. The van der Waals surface area contributed by atoms with E-state index in [9.17, 15) is 4.79 Å². The zero-order chi connectivity index (χ0) is 15.4. The quantitative estimate of drug-likeness (QED) is 0.575. The van der Waals surface area contributed by atoms with Gasteiger partial charge in [0.05, 0.1) is 11.7 Å². The fourth-order valence-electron chi connectivity index (χ4n) is 1.96. The maximum Gasteiger partial charge on any atom is 0.261 e. The third kappa shape index (κ3) is 3.20. The van der Waals surface area contributed by atoms with Gasteiger partial charge in [0, 0.05) is 10.0 Å². The van der Waals surface area contributed by atoms with Crippen molar-refractivity contribution >= 4 is 39.1 Å². The molecule has 2 aromatic carbocycles. The van der Waals surface area contributed by atoms with Crippen molar-refractivity contribution in [2.75, 3.05) is 0 Å². The van der Waals surface area contributed by atoms with Gasteiger partial charge < -0.3 is 0 Å². The SMILES string of the molecule is O=C(Cn1nnc2ccccc21)N/N=C/c1ccccc1Br. The number of hydrazone groups is 1. The number of aromatic nitrogens is 3. The van der Waals surface area contributed by atoms with E-state index in [1.807, 2.05) is 48.5 Å². The predicted molar refractivity (Wildman–Crippen MR) is 87.4 cm³/mol. The third-order valence-electron chi connectivity index (χ3n) is 3.01. The molecule has 1 N–H and O–H groups in total. The molecule has 0 aliphatic rings. The molecule has 110 valence electrons. The molecule has 0 aliphatic heterocycles. The Bertz CT molecular complexity index is 843. The van der Waals surface area contributed by atoms with Crippen LogP contribution in [0.4, 0.5) is 0 Å². The Kier molecular flexibility index (Phi) is 4.24. The van der Waals surface area contributed by atoms with Crippen LogP contribution in [-0.4, -0.2) is 27.1 Å². The molecule has 0 bridgehead atoms. The molecule has 0 radical (unpaired) electrons. The minimum atomic E-state index is -0.265. The number of hydrogen-bond donors (Lipinski definition) is 1. The summed E-state index contributed by atoms with van der Waals surface area (Å²) >= 11 is 3.41. The second kappa shape index (κ2) is 6.48. The van der Waals surface area contributed by atoms with E-state index in [2.05, 4.69) is 36.8 Å². The van der Waals surface area contributed by atoms with Crippen LogP contribution in [0.15, 0.2) is 58.1 Å². The monoisotopic (exact) mass is 357 g/mol. The molecule has 1 aromatic heterocycles. The number of carbonyl (C=O) groups is 1. The summed E-state index contributed by atoms with van der Waals surface area (Å²) in [7, 11) is 0. The number of para-hydroxylation sites is 1. The Morgan fingerprint density at radius 3 is 2.86 bits per heavy atom. The Morgan fingerprint density at radius 2 is 2.00 bits per heavy atom. The van der Waals surface area contributed by atoms with Crippen LogP contribution in [0, 0.1) is 0 Å². The lowest BCUT2D eigenvalue weighted by Gasteiger charge is -2.01. The van der Waals surface area contributed by atoms with Gasteiger partial charge in [-0.1, -0.05) is 51.5 Å². The van der Waals surface area contributed by atoms with Crippen molar-refractivity contribution in [3.63, 3.8) is 0 Å². The van der Waals surface area contributed by atoms with E-state index in [1.165, 1.54) is 0 Å². The third-order valence-corrected chi connectivity index (χ3v) is 3.73. The fourth-order valence-corrected chi connectivity index (χ4v) is 2.35. The summed E-state index contributed by atoms with van der Waals surface area (Å²) in [6.45, 7) is 0.0633. The minimum Gasteiger partial charge on any atom is -0.271 e. The first kappa shape index (κ1) is 14.4. The minimum absolute atomic E-state index is 0.0633. The van der Waals surface area contributed by atoms with Gasteiger partial charge in [-0.3, -0.25) is 4.79 Å². The Balaban J connectivity index is 1.65. The molecule has 0 spiro atoms. The van der Waals surface area contributed by atoms with Crippen molar-refractivity contribution in [1.82, 2.24) is 20.4 Å². The van der Waals surface area contributed by atoms with Gasteiger partial charge in [0.2, 0.25) is 0 Å². The zero-order valence-corrected chi connectivity index (χ0v) is 13.1. The van der Waals surface area contributed by atoms with E-state index in [0.717, 1.165) is 21.1 Å². The smallest absolute Gasteiger partial charge is 0.261 e. The topological polar surface area (TPSA) is 72.2 Å². The van der Waals surface area contributed by atoms with Crippen LogP contribution in [-0.2, 0) is 11.3 Å². The van der Waals surface area contributed by atoms with Crippen LogP contribution in [0.3, 0.4) is 0 Å². The Hall–Kier alpha value is -2.54. The van der Waals surface area contributed by atoms with E-state index >= 15 is 0 Å². The molecule has 0 atom stereocenters. The second-order valence-corrected chi connectivity index (χ2v) is 5.40. The molecule has 0 saturated carbocycles. The van der Waals surface area contributed by atoms with Gasteiger partial charge in [0.1, 0.15) is 12.1 Å². The van der Waals surface area contributed by atoms with Gasteiger partial charge in [-0.05, 0) is 18.2 Å². The predicted octanol–water partition coefficient (Wildman–Crippen LogP) is 2.34. The van der Waals surface area contributed by atoms with Crippen LogP contribution in [0.2, 0.25) is 0 Å². The zero-order valence-electron chi connectivity index (χ0n) is 11.5.